The van der Waals surface area contributed by atoms with Gasteiger partial charge in [0.2, 0.25) is 0 Å². The van der Waals surface area contributed by atoms with Crippen LogP contribution in [0.5, 0.6) is 5.75 Å². The summed E-state index contributed by atoms with van der Waals surface area (Å²) in [6.07, 6.45) is 7.11. The van der Waals surface area contributed by atoms with Crippen LogP contribution in [0.2, 0.25) is 0 Å². The summed E-state index contributed by atoms with van der Waals surface area (Å²) in [5.74, 6) is 2.40. The van der Waals surface area contributed by atoms with Crippen molar-refractivity contribution in [3.8, 4) is 17.1 Å². The fraction of sp³-hybridized carbons (Fsp3) is 0.500. The lowest BCUT2D eigenvalue weighted by Crippen LogP contribution is -2.17. The van der Waals surface area contributed by atoms with Crippen LogP contribution in [0.1, 0.15) is 68.4 Å². The third-order valence-electron chi connectivity index (χ3n) is 5.76. The van der Waals surface area contributed by atoms with Gasteiger partial charge in [0, 0.05) is 12.5 Å². The Kier molecular flexibility index (Phi) is 5.67. The molecule has 7 heteroatoms. The molecule has 2 heterocycles. The van der Waals surface area contributed by atoms with E-state index in [1.54, 1.807) is 4.52 Å². The maximum Gasteiger partial charge on any atom is 0.277 e. The van der Waals surface area contributed by atoms with E-state index in [-0.39, 0.29) is 5.56 Å². The largest absolute Gasteiger partial charge is 0.493 e. The van der Waals surface area contributed by atoms with E-state index in [9.17, 15) is 4.79 Å². The van der Waals surface area contributed by atoms with Gasteiger partial charge in [-0.15, -0.1) is 5.10 Å². The second kappa shape index (κ2) is 8.37. The summed E-state index contributed by atoms with van der Waals surface area (Å²) < 4.78 is 7.55. The molecular formula is C22H29N5O2. The second-order valence-corrected chi connectivity index (χ2v) is 7.77. The zero-order valence-electron chi connectivity index (χ0n) is 17.2. The minimum atomic E-state index is -0.180. The number of nitrogens with one attached hydrogen (secondary N) is 1. The highest BCUT2D eigenvalue weighted by atomic mass is 16.5. The Labute approximate surface area is 170 Å². The first-order chi connectivity index (χ1) is 14.1. The molecule has 0 aliphatic heterocycles. The van der Waals surface area contributed by atoms with Crippen molar-refractivity contribution in [2.24, 2.45) is 5.73 Å². The lowest BCUT2D eigenvalue weighted by molar-refractivity contribution is 0.341. The van der Waals surface area contributed by atoms with Crippen LogP contribution in [0.4, 0.5) is 0 Å². The van der Waals surface area contributed by atoms with E-state index in [0.29, 0.717) is 36.2 Å². The molecule has 1 aliphatic carbocycles. The fourth-order valence-corrected chi connectivity index (χ4v) is 4.29. The number of benzene rings is 1. The van der Waals surface area contributed by atoms with E-state index in [1.165, 1.54) is 25.7 Å². The molecule has 0 atom stereocenters. The van der Waals surface area contributed by atoms with Gasteiger partial charge in [-0.1, -0.05) is 31.7 Å². The Balaban J connectivity index is 1.89. The van der Waals surface area contributed by atoms with Crippen molar-refractivity contribution in [2.75, 3.05) is 6.61 Å². The lowest BCUT2D eigenvalue weighted by atomic mass is 10.00. The van der Waals surface area contributed by atoms with Gasteiger partial charge < -0.3 is 15.5 Å². The van der Waals surface area contributed by atoms with Gasteiger partial charge in [-0.2, -0.15) is 0 Å². The number of fused-ring (bicyclic) bond motifs is 1. The molecule has 29 heavy (non-hydrogen) atoms. The van der Waals surface area contributed by atoms with Crippen LogP contribution < -0.4 is 16.0 Å². The maximum atomic E-state index is 13.0. The van der Waals surface area contributed by atoms with Crippen molar-refractivity contribution in [2.45, 2.75) is 64.8 Å². The molecule has 3 aromatic rings. The summed E-state index contributed by atoms with van der Waals surface area (Å²) in [7, 11) is 0. The summed E-state index contributed by atoms with van der Waals surface area (Å²) in [4.78, 5) is 20.7. The van der Waals surface area contributed by atoms with Crippen LogP contribution in [0, 0.1) is 6.92 Å². The molecule has 3 N–H and O–H groups in total. The molecule has 0 amide bonds. The highest BCUT2D eigenvalue weighted by Gasteiger charge is 2.23. The molecule has 0 radical (unpaired) electrons. The summed E-state index contributed by atoms with van der Waals surface area (Å²) in [5.41, 5.74) is 8.61. The van der Waals surface area contributed by atoms with Gasteiger partial charge in [-0.25, -0.2) is 9.50 Å². The predicted octanol–water partition coefficient (Wildman–Crippen LogP) is 3.69. The highest BCUT2D eigenvalue weighted by molar-refractivity contribution is 5.66. The van der Waals surface area contributed by atoms with Crippen molar-refractivity contribution >= 4 is 5.52 Å². The molecular weight excluding hydrogens is 366 g/mol. The van der Waals surface area contributed by atoms with Crippen LogP contribution in [-0.2, 0) is 6.54 Å². The number of nitrogens with two attached hydrogens (primary N) is 1. The number of nitrogens with zero attached hydrogens (tertiary/aromatic N) is 3. The van der Waals surface area contributed by atoms with Crippen LogP contribution in [0.25, 0.3) is 16.9 Å². The minimum absolute atomic E-state index is 0.180. The molecule has 0 saturated heterocycles. The van der Waals surface area contributed by atoms with Crippen LogP contribution in [0.3, 0.4) is 0 Å². The lowest BCUT2D eigenvalue weighted by Gasteiger charge is -2.14. The Morgan fingerprint density at radius 2 is 2.00 bits per heavy atom. The number of imidazole rings is 1. The molecule has 7 nitrogen and oxygen atoms in total. The summed E-state index contributed by atoms with van der Waals surface area (Å²) in [6.45, 7) is 4.75. The van der Waals surface area contributed by atoms with Gasteiger partial charge >= 0.3 is 0 Å². The third kappa shape index (κ3) is 3.79. The maximum absolute atomic E-state index is 13.0. The van der Waals surface area contributed by atoms with Gasteiger partial charge in [0.05, 0.1) is 17.9 Å². The van der Waals surface area contributed by atoms with Gasteiger partial charge in [-0.3, -0.25) is 4.79 Å². The van der Waals surface area contributed by atoms with Gasteiger partial charge in [0.25, 0.3) is 5.56 Å². The Bertz CT molecular complexity index is 1060. The molecule has 1 aliphatic rings. The molecule has 0 unspecified atom stereocenters. The number of rotatable bonds is 5. The third-order valence-corrected chi connectivity index (χ3v) is 5.76. The average molecular weight is 396 g/mol. The molecule has 1 fully saturated rings. The number of ether oxygens (including phenoxy) is 1. The van der Waals surface area contributed by atoms with E-state index < -0.39 is 0 Å². The van der Waals surface area contributed by atoms with E-state index in [1.807, 2.05) is 32.0 Å². The van der Waals surface area contributed by atoms with E-state index in [0.717, 1.165) is 35.5 Å². The van der Waals surface area contributed by atoms with E-state index in [4.69, 9.17) is 20.6 Å². The molecule has 1 aromatic carbocycles. The van der Waals surface area contributed by atoms with Gasteiger partial charge in [-0.05, 0) is 44.4 Å². The number of aryl methyl sites for hydroxylation is 1. The molecule has 4 rings (SSSR count). The Hall–Kier alpha value is -2.67. The topological polar surface area (TPSA) is 98.3 Å². The SMILES string of the molecule is CCOc1ccc(CN)cc1-c1nn2c(C3CCCCCC3)nc(C)c2c(=O)[nH]1. The number of H-pyrrole nitrogens is 1. The van der Waals surface area contributed by atoms with Crippen molar-refractivity contribution in [1.82, 2.24) is 19.6 Å². The first-order valence-corrected chi connectivity index (χ1v) is 10.6. The summed E-state index contributed by atoms with van der Waals surface area (Å²) in [6, 6.07) is 5.75. The molecule has 2 aromatic heterocycles. The van der Waals surface area contributed by atoms with Crippen LogP contribution in [-0.4, -0.2) is 26.2 Å². The van der Waals surface area contributed by atoms with Crippen LogP contribution in [0.15, 0.2) is 23.0 Å². The fourth-order valence-electron chi connectivity index (χ4n) is 4.29. The van der Waals surface area contributed by atoms with Crippen LogP contribution >= 0.6 is 0 Å². The van der Waals surface area contributed by atoms with Crippen molar-refractivity contribution in [3.05, 3.63) is 45.6 Å². The normalized spacial score (nSPS) is 15.6. The second-order valence-electron chi connectivity index (χ2n) is 7.77. The van der Waals surface area contributed by atoms with Gasteiger partial charge in [0.1, 0.15) is 11.6 Å². The monoisotopic (exact) mass is 395 g/mol. The number of hydrogen-bond acceptors (Lipinski definition) is 5. The molecule has 154 valence electrons. The summed E-state index contributed by atoms with van der Waals surface area (Å²) >= 11 is 0. The smallest absolute Gasteiger partial charge is 0.277 e. The first-order valence-electron chi connectivity index (χ1n) is 10.6. The zero-order chi connectivity index (χ0) is 20.4. The van der Waals surface area contributed by atoms with Crippen molar-refractivity contribution < 1.29 is 4.74 Å². The molecule has 1 saturated carbocycles. The number of aromatic amines is 1. The molecule has 0 spiro atoms. The minimum Gasteiger partial charge on any atom is -0.493 e. The Morgan fingerprint density at radius 1 is 1.24 bits per heavy atom. The van der Waals surface area contributed by atoms with E-state index in [2.05, 4.69) is 4.98 Å². The first kappa shape index (κ1) is 19.6. The quantitative estimate of drug-likeness (QED) is 0.642. The standard InChI is InChI=1S/C22H29N5O2/c1-3-29-18-11-10-15(13-23)12-17(18)20-25-22(28)19-14(2)24-21(27(19)26-20)16-8-6-4-5-7-9-16/h10-12,16H,3-9,13,23H2,1-2H3,(H,25,26,28). The Morgan fingerprint density at radius 3 is 2.69 bits per heavy atom. The average Bonchev–Trinajstić information content (AvgIpc) is 2.89. The predicted molar refractivity (Wildman–Crippen MR) is 113 cm³/mol. The zero-order valence-corrected chi connectivity index (χ0v) is 17.2. The highest BCUT2D eigenvalue weighted by Crippen LogP contribution is 2.32. The summed E-state index contributed by atoms with van der Waals surface area (Å²) in [5, 5.41) is 4.83. The number of aromatic nitrogens is 4. The molecule has 0 bridgehead atoms. The van der Waals surface area contributed by atoms with Crippen molar-refractivity contribution in [3.63, 3.8) is 0 Å². The number of hydrogen-bond donors (Lipinski definition) is 2. The van der Waals surface area contributed by atoms with Gasteiger partial charge in [0.15, 0.2) is 11.3 Å². The van der Waals surface area contributed by atoms with E-state index >= 15 is 0 Å². The van der Waals surface area contributed by atoms with Crippen molar-refractivity contribution in [1.29, 1.82) is 0 Å².